The van der Waals surface area contributed by atoms with Crippen molar-refractivity contribution in [1.29, 1.82) is 0 Å². The second kappa shape index (κ2) is 6.15. The highest BCUT2D eigenvalue weighted by molar-refractivity contribution is 5.80. The number of nitrogens with zero attached hydrogens (tertiary/aromatic N) is 2. The Kier molecular flexibility index (Phi) is 4.53. The van der Waals surface area contributed by atoms with Gasteiger partial charge in [0.25, 0.3) is 5.91 Å². The highest BCUT2D eigenvalue weighted by atomic mass is 16.5. The molecule has 1 fully saturated rings. The average Bonchev–Trinajstić information content (AvgIpc) is 3.27. The van der Waals surface area contributed by atoms with Crippen molar-refractivity contribution in [3.05, 3.63) is 30.1 Å². The molecule has 1 aliphatic rings. The Morgan fingerprint density at radius 2 is 2.05 bits per heavy atom. The lowest BCUT2D eigenvalue weighted by molar-refractivity contribution is -0.143. The van der Waals surface area contributed by atoms with E-state index in [1.54, 1.807) is 17.3 Å². The van der Waals surface area contributed by atoms with Gasteiger partial charge in [0, 0.05) is 19.4 Å². The minimum atomic E-state index is -0.366. The zero-order valence-corrected chi connectivity index (χ0v) is 11.9. The lowest BCUT2D eigenvalue weighted by atomic mass is 10.1. The molecule has 0 aromatic carbocycles. The maximum absolute atomic E-state index is 12.3. The number of pyridine rings is 1. The van der Waals surface area contributed by atoms with Gasteiger partial charge in [0.1, 0.15) is 6.10 Å². The molecule has 0 bridgehead atoms. The quantitative estimate of drug-likeness (QED) is 0.790. The summed E-state index contributed by atoms with van der Waals surface area (Å²) in [5.41, 5.74) is 1.08. The van der Waals surface area contributed by atoms with Crippen molar-refractivity contribution in [2.75, 3.05) is 13.7 Å². The third kappa shape index (κ3) is 3.77. The van der Waals surface area contributed by atoms with Crippen molar-refractivity contribution in [2.24, 2.45) is 5.92 Å². The Balaban J connectivity index is 1.89. The lowest BCUT2D eigenvalue weighted by Gasteiger charge is -2.28. The number of carbonyl (C=O) groups is 1. The summed E-state index contributed by atoms with van der Waals surface area (Å²) in [7, 11) is 1.82. The first kappa shape index (κ1) is 14.0. The molecule has 4 heteroatoms. The molecule has 1 heterocycles. The van der Waals surface area contributed by atoms with E-state index in [0.717, 1.165) is 5.56 Å². The summed E-state index contributed by atoms with van der Waals surface area (Å²) in [4.78, 5) is 18.0. The van der Waals surface area contributed by atoms with E-state index < -0.39 is 0 Å². The summed E-state index contributed by atoms with van der Waals surface area (Å²) in [6.45, 7) is 4.56. The predicted molar refractivity (Wildman–Crippen MR) is 73.6 cm³/mol. The number of hydrogen-bond donors (Lipinski definition) is 0. The highest BCUT2D eigenvalue weighted by Crippen LogP contribution is 2.29. The number of ether oxygens (including phenoxy) is 1. The van der Waals surface area contributed by atoms with Gasteiger partial charge in [0.05, 0.1) is 12.6 Å². The van der Waals surface area contributed by atoms with E-state index in [2.05, 4.69) is 4.98 Å². The topological polar surface area (TPSA) is 42.4 Å². The second-order valence-electron chi connectivity index (χ2n) is 5.32. The lowest BCUT2D eigenvalue weighted by Crippen LogP contribution is -2.38. The standard InChI is InChI=1S/C15H22N2O2/c1-11(14-6-8-16-9-7-14)17(3)15(18)12(2)19-10-13-4-5-13/h6-9,11-13H,4-5,10H2,1-3H3/t11-,12+/m0/s1. The minimum Gasteiger partial charge on any atom is -0.368 e. The Morgan fingerprint density at radius 1 is 1.42 bits per heavy atom. The van der Waals surface area contributed by atoms with Crippen LogP contribution in [0.15, 0.2) is 24.5 Å². The van der Waals surface area contributed by atoms with Gasteiger partial charge >= 0.3 is 0 Å². The van der Waals surface area contributed by atoms with Gasteiger partial charge in [-0.05, 0) is 50.3 Å². The van der Waals surface area contributed by atoms with Gasteiger partial charge in [-0.25, -0.2) is 0 Å². The first-order chi connectivity index (χ1) is 9.09. The van der Waals surface area contributed by atoms with Crippen LogP contribution >= 0.6 is 0 Å². The van der Waals surface area contributed by atoms with Gasteiger partial charge in [-0.3, -0.25) is 9.78 Å². The van der Waals surface area contributed by atoms with Crippen molar-refractivity contribution in [3.63, 3.8) is 0 Å². The van der Waals surface area contributed by atoms with E-state index in [1.807, 2.05) is 33.0 Å². The summed E-state index contributed by atoms with van der Waals surface area (Å²) in [5.74, 6) is 0.711. The molecule has 1 aliphatic carbocycles. The van der Waals surface area contributed by atoms with Crippen LogP contribution in [0.1, 0.15) is 38.3 Å². The first-order valence-electron chi connectivity index (χ1n) is 6.87. The number of amides is 1. The molecule has 2 rings (SSSR count). The first-order valence-corrected chi connectivity index (χ1v) is 6.87. The molecular formula is C15H22N2O2. The van der Waals surface area contributed by atoms with Crippen LogP contribution in [0.5, 0.6) is 0 Å². The number of likely N-dealkylation sites (N-methyl/N-ethyl adjacent to an activating group) is 1. The van der Waals surface area contributed by atoms with Gasteiger partial charge in [0.2, 0.25) is 0 Å². The highest BCUT2D eigenvalue weighted by Gasteiger charge is 2.26. The van der Waals surface area contributed by atoms with Gasteiger partial charge in [-0.1, -0.05) is 0 Å². The van der Waals surface area contributed by atoms with Crippen LogP contribution in [-0.4, -0.2) is 35.5 Å². The maximum atomic E-state index is 12.3. The van der Waals surface area contributed by atoms with E-state index in [4.69, 9.17) is 4.74 Å². The third-order valence-electron chi connectivity index (χ3n) is 3.74. The number of carbonyl (C=O) groups excluding carboxylic acids is 1. The minimum absolute atomic E-state index is 0.0301. The normalized spacial score (nSPS) is 17.8. The van der Waals surface area contributed by atoms with E-state index in [9.17, 15) is 4.79 Å². The van der Waals surface area contributed by atoms with Gasteiger partial charge < -0.3 is 9.64 Å². The molecular weight excluding hydrogens is 240 g/mol. The summed E-state index contributed by atoms with van der Waals surface area (Å²) in [6.07, 6.45) is 5.61. The predicted octanol–water partition coefficient (Wildman–Crippen LogP) is 2.42. The van der Waals surface area contributed by atoms with Crippen LogP contribution in [0.3, 0.4) is 0 Å². The fourth-order valence-electron chi connectivity index (χ4n) is 1.98. The van der Waals surface area contributed by atoms with Crippen LogP contribution in [0, 0.1) is 5.92 Å². The average molecular weight is 262 g/mol. The number of hydrogen-bond acceptors (Lipinski definition) is 3. The number of aromatic nitrogens is 1. The van der Waals surface area contributed by atoms with E-state index in [0.29, 0.717) is 12.5 Å². The molecule has 0 aliphatic heterocycles. The molecule has 1 saturated carbocycles. The molecule has 1 aromatic heterocycles. The van der Waals surface area contributed by atoms with E-state index in [1.165, 1.54) is 12.8 Å². The summed E-state index contributed by atoms with van der Waals surface area (Å²) < 4.78 is 5.63. The summed E-state index contributed by atoms with van der Waals surface area (Å²) in [6, 6.07) is 3.90. The van der Waals surface area contributed by atoms with Crippen LogP contribution in [0.25, 0.3) is 0 Å². The molecule has 4 nitrogen and oxygen atoms in total. The van der Waals surface area contributed by atoms with Crippen molar-refractivity contribution in [2.45, 2.75) is 38.8 Å². The smallest absolute Gasteiger partial charge is 0.251 e. The summed E-state index contributed by atoms with van der Waals surface area (Å²) >= 11 is 0. The number of rotatable bonds is 6. The van der Waals surface area contributed by atoms with Gasteiger partial charge in [-0.2, -0.15) is 0 Å². The van der Waals surface area contributed by atoms with E-state index in [-0.39, 0.29) is 18.1 Å². The molecule has 0 spiro atoms. The van der Waals surface area contributed by atoms with E-state index >= 15 is 0 Å². The van der Waals surface area contributed by atoms with Crippen LogP contribution < -0.4 is 0 Å². The molecule has 0 saturated heterocycles. The SMILES string of the molecule is C[C@@H](OCC1CC1)C(=O)N(C)[C@@H](C)c1ccncc1. The molecule has 1 aromatic rings. The largest absolute Gasteiger partial charge is 0.368 e. The van der Waals surface area contributed by atoms with Crippen LogP contribution in [-0.2, 0) is 9.53 Å². The fourth-order valence-corrected chi connectivity index (χ4v) is 1.98. The fraction of sp³-hybridized carbons (Fsp3) is 0.600. The molecule has 0 radical (unpaired) electrons. The molecule has 0 N–H and O–H groups in total. The molecule has 0 unspecified atom stereocenters. The van der Waals surface area contributed by atoms with Gasteiger partial charge in [-0.15, -0.1) is 0 Å². The van der Waals surface area contributed by atoms with Crippen molar-refractivity contribution >= 4 is 5.91 Å². The van der Waals surface area contributed by atoms with Crippen LogP contribution in [0.4, 0.5) is 0 Å². The summed E-state index contributed by atoms with van der Waals surface area (Å²) in [5, 5.41) is 0. The Bertz CT molecular complexity index is 417. The van der Waals surface area contributed by atoms with Crippen molar-refractivity contribution in [3.8, 4) is 0 Å². The molecule has 19 heavy (non-hydrogen) atoms. The Hall–Kier alpha value is -1.42. The third-order valence-corrected chi connectivity index (χ3v) is 3.74. The molecule has 1 amide bonds. The monoisotopic (exact) mass is 262 g/mol. The van der Waals surface area contributed by atoms with Crippen LogP contribution in [0.2, 0.25) is 0 Å². The van der Waals surface area contributed by atoms with Gasteiger partial charge in [0.15, 0.2) is 0 Å². The Labute approximate surface area is 114 Å². The zero-order chi connectivity index (χ0) is 13.8. The molecule has 104 valence electrons. The second-order valence-corrected chi connectivity index (χ2v) is 5.32. The van der Waals surface area contributed by atoms with Crippen molar-refractivity contribution in [1.82, 2.24) is 9.88 Å². The zero-order valence-electron chi connectivity index (χ0n) is 11.9. The maximum Gasteiger partial charge on any atom is 0.251 e. The van der Waals surface area contributed by atoms with Crippen molar-refractivity contribution < 1.29 is 9.53 Å². The molecule has 2 atom stereocenters. The Morgan fingerprint density at radius 3 is 2.63 bits per heavy atom.